The summed E-state index contributed by atoms with van der Waals surface area (Å²) in [6.45, 7) is 12.4. The van der Waals surface area contributed by atoms with Gasteiger partial charge in [0.2, 0.25) is 0 Å². The molecule has 2 N–H and O–H groups in total. The Labute approximate surface area is 101 Å². The monoisotopic (exact) mass is 231 g/mol. The minimum Gasteiger partial charge on any atom is -0.389 e. The van der Waals surface area contributed by atoms with Gasteiger partial charge in [-0.25, -0.2) is 0 Å². The molecular weight excluding hydrogens is 202 g/mol. The van der Waals surface area contributed by atoms with E-state index in [0.717, 1.165) is 12.5 Å². The molecule has 1 unspecified atom stereocenters. The summed E-state index contributed by atoms with van der Waals surface area (Å²) in [5.74, 6) is 0.760. The molecule has 0 radical (unpaired) electrons. The smallest absolute Gasteiger partial charge is 0.0897 e. The van der Waals surface area contributed by atoms with Crippen LogP contribution in [0.5, 0.6) is 0 Å². The molecule has 0 rings (SSSR count). The Morgan fingerprint density at radius 2 is 1.88 bits per heavy atom. The van der Waals surface area contributed by atoms with Crippen molar-refractivity contribution in [1.82, 2.24) is 5.32 Å². The first-order valence-electron chi connectivity index (χ1n) is 6.34. The van der Waals surface area contributed by atoms with Crippen molar-refractivity contribution in [2.45, 2.75) is 59.2 Å². The number of nitrogens with one attached hydrogen (secondary N) is 1. The lowest BCUT2D eigenvalue weighted by atomic mass is 10.1. The molecule has 0 aliphatic rings. The molecule has 0 amide bonds. The molecule has 0 aromatic rings. The predicted octanol–water partition coefficient (Wildman–Crippen LogP) is 2.19. The van der Waals surface area contributed by atoms with Gasteiger partial charge in [0.05, 0.1) is 18.3 Å². The van der Waals surface area contributed by atoms with Crippen molar-refractivity contribution in [2.24, 2.45) is 5.92 Å². The van der Waals surface area contributed by atoms with Crippen LogP contribution < -0.4 is 5.32 Å². The number of hydrogen-bond acceptors (Lipinski definition) is 3. The summed E-state index contributed by atoms with van der Waals surface area (Å²) in [5.41, 5.74) is -0.168. The lowest BCUT2D eigenvalue weighted by Crippen LogP contribution is -2.34. The van der Waals surface area contributed by atoms with Gasteiger partial charge in [-0.2, -0.15) is 0 Å². The van der Waals surface area contributed by atoms with Gasteiger partial charge in [-0.1, -0.05) is 13.8 Å². The lowest BCUT2D eigenvalue weighted by molar-refractivity contribution is -0.0478. The second-order valence-electron chi connectivity index (χ2n) is 5.82. The van der Waals surface area contributed by atoms with Crippen LogP contribution in [-0.2, 0) is 4.74 Å². The van der Waals surface area contributed by atoms with Gasteiger partial charge in [0.25, 0.3) is 0 Å². The third-order valence-electron chi connectivity index (χ3n) is 2.22. The molecule has 0 aromatic heterocycles. The highest BCUT2D eigenvalue weighted by molar-refractivity contribution is 4.64. The number of aliphatic hydroxyl groups excluding tert-OH is 1. The van der Waals surface area contributed by atoms with Crippen LogP contribution in [0.3, 0.4) is 0 Å². The maximum Gasteiger partial charge on any atom is 0.0897 e. The first-order chi connectivity index (χ1) is 7.31. The highest BCUT2D eigenvalue weighted by atomic mass is 16.5. The molecule has 0 aliphatic heterocycles. The van der Waals surface area contributed by atoms with Crippen molar-refractivity contribution in [1.29, 1.82) is 0 Å². The zero-order valence-electron chi connectivity index (χ0n) is 11.5. The summed E-state index contributed by atoms with van der Waals surface area (Å²) in [7, 11) is 0. The van der Waals surface area contributed by atoms with Crippen LogP contribution in [0.25, 0.3) is 0 Å². The summed E-state index contributed by atoms with van der Waals surface area (Å²) in [6.07, 6.45) is 2.00. The second-order valence-corrected chi connectivity index (χ2v) is 5.82. The molecule has 16 heavy (non-hydrogen) atoms. The van der Waals surface area contributed by atoms with Crippen molar-refractivity contribution >= 4 is 0 Å². The van der Waals surface area contributed by atoms with Gasteiger partial charge in [-0.05, 0) is 46.1 Å². The molecule has 3 heteroatoms. The maximum absolute atomic E-state index is 9.63. The summed E-state index contributed by atoms with van der Waals surface area (Å²) in [5, 5.41) is 12.9. The van der Waals surface area contributed by atoms with Crippen LogP contribution in [-0.4, -0.2) is 36.5 Å². The lowest BCUT2D eigenvalue weighted by Gasteiger charge is -2.22. The van der Waals surface area contributed by atoms with Gasteiger partial charge in [0.1, 0.15) is 0 Å². The van der Waals surface area contributed by atoms with E-state index in [1.807, 2.05) is 20.8 Å². The van der Waals surface area contributed by atoms with Crippen LogP contribution in [0, 0.1) is 5.92 Å². The summed E-state index contributed by atoms with van der Waals surface area (Å²) in [6, 6.07) is 0. The molecular formula is C13H29NO2. The Bertz CT molecular complexity index is 164. The van der Waals surface area contributed by atoms with Crippen LogP contribution in [0.15, 0.2) is 0 Å². The Kier molecular flexibility index (Phi) is 7.98. The molecule has 98 valence electrons. The molecule has 0 spiro atoms. The zero-order chi connectivity index (χ0) is 12.6. The summed E-state index contributed by atoms with van der Waals surface area (Å²) in [4.78, 5) is 0. The first-order valence-corrected chi connectivity index (χ1v) is 6.34. The van der Waals surface area contributed by atoms with E-state index in [1.54, 1.807) is 0 Å². The molecule has 0 bridgehead atoms. The number of hydrogen-bond donors (Lipinski definition) is 2. The van der Waals surface area contributed by atoms with Gasteiger partial charge in [0, 0.05) is 6.54 Å². The van der Waals surface area contributed by atoms with Crippen LogP contribution in [0.4, 0.5) is 0 Å². The average Bonchev–Trinajstić information content (AvgIpc) is 2.12. The number of rotatable bonds is 8. The fraction of sp³-hybridized carbons (Fsp3) is 1.00. The van der Waals surface area contributed by atoms with Crippen molar-refractivity contribution in [2.75, 3.05) is 19.7 Å². The van der Waals surface area contributed by atoms with Crippen LogP contribution in [0.2, 0.25) is 0 Å². The molecule has 0 heterocycles. The zero-order valence-corrected chi connectivity index (χ0v) is 11.5. The third kappa shape index (κ3) is 12.0. The van der Waals surface area contributed by atoms with Crippen molar-refractivity contribution in [3.63, 3.8) is 0 Å². The first kappa shape index (κ1) is 15.9. The van der Waals surface area contributed by atoms with E-state index >= 15 is 0 Å². The largest absolute Gasteiger partial charge is 0.389 e. The number of ether oxygens (including phenoxy) is 1. The van der Waals surface area contributed by atoms with Crippen molar-refractivity contribution < 1.29 is 9.84 Å². The van der Waals surface area contributed by atoms with E-state index in [0.29, 0.717) is 13.2 Å². The van der Waals surface area contributed by atoms with Crippen LogP contribution in [0.1, 0.15) is 47.5 Å². The molecule has 0 aromatic carbocycles. The normalized spacial score (nSPS) is 14.4. The maximum atomic E-state index is 9.63. The van der Waals surface area contributed by atoms with Crippen molar-refractivity contribution in [3.05, 3.63) is 0 Å². The SMILES string of the molecule is CC(C)CCCNCC(O)COC(C)(C)C. The van der Waals surface area contributed by atoms with Crippen molar-refractivity contribution in [3.8, 4) is 0 Å². The minimum atomic E-state index is -0.404. The van der Waals surface area contributed by atoms with E-state index < -0.39 is 6.10 Å². The Hall–Kier alpha value is -0.120. The third-order valence-corrected chi connectivity index (χ3v) is 2.22. The van der Waals surface area contributed by atoms with E-state index in [4.69, 9.17) is 4.74 Å². The standard InChI is InChI=1S/C13H29NO2/c1-11(2)7-6-8-14-9-12(15)10-16-13(3,4)5/h11-12,14-15H,6-10H2,1-5H3. The van der Waals surface area contributed by atoms with Gasteiger partial charge in [0.15, 0.2) is 0 Å². The van der Waals surface area contributed by atoms with E-state index in [-0.39, 0.29) is 5.60 Å². The summed E-state index contributed by atoms with van der Waals surface area (Å²) >= 11 is 0. The molecule has 1 atom stereocenters. The fourth-order valence-corrected chi connectivity index (χ4v) is 1.31. The Balaban J connectivity index is 3.34. The molecule has 0 saturated carbocycles. The van der Waals surface area contributed by atoms with Gasteiger partial charge >= 0.3 is 0 Å². The second kappa shape index (κ2) is 8.04. The predicted molar refractivity (Wildman–Crippen MR) is 68.7 cm³/mol. The van der Waals surface area contributed by atoms with Gasteiger partial charge in [-0.15, -0.1) is 0 Å². The number of aliphatic hydroxyl groups is 1. The molecule has 0 fully saturated rings. The fourth-order valence-electron chi connectivity index (χ4n) is 1.31. The van der Waals surface area contributed by atoms with Gasteiger partial charge < -0.3 is 15.2 Å². The quantitative estimate of drug-likeness (QED) is 0.629. The van der Waals surface area contributed by atoms with Gasteiger partial charge in [-0.3, -0.25) is 0 Å². The average molecular weight is 231 g/mol. The highest BCUT2D eigenvalue weighted by Crippen LogP contribution is 2.06. The Morgan fingerprint density at radius 3 is 2.38 bits per heavy atom. The summed E-state index contributed by atoms with van der Waals surface area (Å²) < 4.78 is 5.50. The van der Waals surface area contributed by atoms with E-state index in [2.05, 4.69) is 19.2 Å². The topological polar surface area (TPSA) is 41.5 Å². The Morgan fingerprint density at radius 1 is 1.25 bits per heavy atom. The van der Waals surface area contributed by atoms with Crippen LogP contribution >= 0.6 is 0 Å². The molecule has 3 nitrogen and oxygen atoms in total. The highest BCUT2D eigenvalue weighted by Gasteiger charge is 2.13. The minimum absolute atomic E-state index is 0.168. The van der Waals surface area contributed by atoms with E-state index in [9.17, 15) is 5.11 Å². The molecule has 0 saturated heterocycles. The van der Waals surface area contributed by atoms with E-state index in [1.165, 1.54) is 12.8 Å². The molecule has 0 aliphatic carbocycles.